The van der Waals surface area contributed by atoms with E-state index in [-0.39, 0.29) is 18.4 Å². The summed E-state index contributed by atoms with van der Waals surface area (Å²) in [4.78, 5) is 21.7. The Morgan fingerprint density at radius 3 is 2.43 bits per heavy atom. The van der Waals surface area contributed by atoms with Gasteiger partial charge in [0.25, 0.3) is 0 Å². The lowest BCUT2D eigenvalue weighted by molar-refractivity contribution is -0.142. The molecule has 5 heteroatoms. The molecule has 0 saturated heterocycles. The number of carbonyl (C=O) groups excluding carboxylic acids is 1. The molecule has 0 aromatic rings. The Morgan fingerprint density at radius 2 is 2.00 bits per heavy atom. The molecule has 0 bridgehead atoms. The summed E-state index contributed by atoms with van der Waals surface area (Å²) in [5.74, 6) is -1.68. The van der Waals surface area contributed by atoms with Gasteiger partial charge in [-0.25, -0.2) is 0 Å². The normalized spacial score (nSPS) is 14.5. The molecule has 2 N–H and O–H groups in total. The predicted molar refractivity (Wildman–Crippen MR) is 50.9 cm³/mol. The van der Waals surface area contributed by atoms with Crippen molar-refractivity contribution in [3.8, 4) is 0 Å². The zero-order valence-electron chi connectivity index (χ0n) is 8.74. The van der Waals surface area contributed by atoms with Crippen molar-refractivity contribution in [1.82, 2.24) is 5.32 Å². The summed E-state index contributed by atoms with van der Waals surface area (Å²) < 4.78 is 4.72. The highest BCUT2D eigenvalue weighted by Gasteiger charge is 2.20. The maximum atomic E-state index is 11.2. The van der Waals surface area contributed by atoms with Crippen LogP contribution in [0, 0.1) is 5.92 Å². The Hall–Kier alpha value is -1.10. The van der Waals surface area contributed by atoms with Gasteiger partial charge in [-0.05, 0) is 13.8 Å². The minimum atomic E-state index is -0.912. The second-order valence-corrected chi connectivity index (χ2v) is 3.23. The summed E-state index contributed by atoms with van der Waals surface area (Å²) in [6.07, 6.45) is 0.257. The SMILES string of the molecule is COCCC(=O)NC(C)C(C)C(=O)O. The van der Waals surface area contributed by atoms with E-state index in [9.17, 15) is 9.59 Å². The van der Waals surface area contributed by atoms with Gasteiger partial charge in [0, 0.05) is 19.6 Å². The summed E-state index contributed by atoms with van der Waals surface area (Å²) in [5, 5.41) is 11.3. The Bertz CT molecular complexity index is 205. The minimum Gasteiger partial charge on any atom is -0.481 e. The van der Waals surface area contributed by atoms with E-state index in [1.54, 1.807) is 13.8 Å². The summed E-state index contributed by atoms with van der Waals surface area (Å²) in [6.45, 7) is 3.58. The van der Waals surface area contributed by atoms with Gasteiger partial charge in [-0.15, -0.1) is 0 Å². The quantitative estimate of drug-likeness (QED) is 0.648. The first-order chi connectivity index (χ1) is 6.49. The molecule has 0 aliphatic heterocycles. The average molecular weight is 203 g/mol. The molecule has 0 radical (unpaired) electrons. The van der Waals surface area contributed by atoms with Crippen LogP contribution < -0.4 is 5.32 Å². The van der Waals surface area contributed by atoms with Crippen LogP contribution in [0.4, 0.5) is 0 Å². The third-order valence-corrected chi connectivity index (χ3v) is 2.06. The second-order valence-electron chi connectivity index (χ2n) is 3.23. The van der Waals surface area contributed by atoms with Crippen molar-refractivity contribution in [2.45, 2.75) is 26.3 Å². The third-order valence-electron chi connectivity index (χ3n) is 2.06. The van der Waals surface area contributed by atoms with Crippen LogP contribution in [0.15, 0.2) is 0 Å². The van der Waals surface area contributed by atoms with Crippen LogP contribution in [0.1, 0.15) is 20.3 Å². The molecule has 2 atom stereocenters. The molecule has 0 spiro atoms. The van der Waals surface area contributed by atoms with Crippen molar-refractivity contribution in [2.75, 3.05) is 13.7 Å². The molecule has 0 heterocycles. The third kappa shape index (κ3) is 4.81. The minimum absolute atomic E-state index is 0.188. The Morgan fingerprint density at radius 1 is 1.43 bits per heavy atom. The molecule has 0 aromatic carbocycles. The van der Waals surface area contributed by atoms with Gasteiger partial charge >= 0.3 is 5.97 Å². The molecule has 0 saturated carbocycles. The van der Waals surface area contributed by atoms with Crippen LogP contribution in [0.2, 0.25) is 0 Å². The molecule has 0 rings (SSSR count). The molecule has 2 unspecified atom stereocenters. The molecule has 0 aromatic heterocycles. The van der Waals surface area contributed by atoms with E-state index < -0.39 is 11.9 Å². The van der Waals surface area contributed by atoms with Crippen LogP contribution in [0.5, 0.6) is 0 Å². The second kappa shape index (κ2) is 6.37. The number of hydrogen-bond donors (Lipinski definition) is 2. The van der Waals surface area contributed by atoms with E-state index in [1.165, 1.54) is 7.11 Å². The standard InChI is InChI=1S/C9H17NO4/c1-6(9(12)13)7(2)10-8(11)4-5-14-3/h6-7H,4-5H2,1-3H3,(H,10,11)(H,12,13). The van der Waals surface area contributed by atoms with Gasteiger partial charge in [-0.1, -0.05) is 0 Å². The lowest BCUT2D eigenvalue weighted by atomic mass is 10.0. The number of carboxylic acid groups (broad SMARTS) is 1. The topological polar surface area (TPSA) is 75.6 Å². The summed E-state index contributed by atoms with van der Waals surface area (Å²) in [6, 6.07) is -0.364. The van der Waals surface area contributed by atoms with Crippen molar-refractivity contribution in [3.05, 3.63) is 0 Å². The molecular weight excluding hydrogens is 186 g/mol. The van der Waals surface area contributed by atoms with Crippen LogP contribution in [0.25, 0.3) is 0 Å². The van der Waals surface area contributed by atoms with Crippen LogP contribution in [-0.4, -0.2) is 36.7 Å². The molecule has 5 nitrogen and oxygen atoms in total. The molecule has 0 fully saturated rings. The zero-order chi connectivity index (χ0) is 11.1. The lowest BCUT2D eigenvalue weighted by Gasteiger charge is -2.17. The van der Waals surface area contributed by atoms with Gasteiger partial charge in [-0.3, -0.25) is 9.59 Å². The van der Waals surface area contributed by atoms with Crippen molar-refractivity contribution in [3.63, 3.8) is 0 Å². The largest absolute Gasteiger partial charge is 0.481 e. The first kappa shape index (κ1) is 12.9. The van der Waals surface area contributed by atoms with E-state index in [0.717, 1.165) is 0 Å². The number of ether oxygens (including phenoxy) is 1. The van der Waals surface area contributed by atoms with Gasteiger partial charge in [0.2, 0.25) is 5.91 Å². The molecule has 82 valence electrons. The number of carbonyl (C=O) groups is 2. The maximum absolute atomic E-state index is 11.2. The highest BCUT2D eigenvalue weighted by molar-refractivity contribution is 5.77. The van der Waals surface area contributed by atoms with Crippen molar-refractivity contribution in [1.29, 1.82) is 0 Å². The van der Waals surface area contributed by atoms with Crippen molar-refractivity contribution >= 4 is 11.9 Å². The molecule has 0 aliphatic rings. The fourth-order valence-electron chi connectivity index (χ4n) is 0.860. The predicted octanol–water partition coefficient (Wildman–Crippen LogP) is 0.248. The van der Waals surface area contributed by atoms with E-state index >= 15 is 0 Å². The van der Waals surface area contributed by atoms with Crippen molar-refractivity contribution < 1.29 is 19.4 Å². The highest BCUT2D eigenvalue weighted by Crippen LogP contribution is 2.02. The van der Waals surface area contributed by atoms with Gasteiger partial charge in [-0.2, -0.15) is 0 Å². The number of carboxylic acids is 1. The van der Waals surface area contributed by atoms with Gasteiger partial charge in [0.05, 0.1) is 12.5 Å². The maximum Gasteiger partial charge on any atom is 0.308 e. The fourth-order valence-corrected chi connectivity index (χ4v) is 0.860. The molecule has 14 heavy (non-hydrogen) atoms. The lowest BCUT2D eigenvalue weighted by Crippen LogP contribution is -2.40. The molecule has 1 amide bonds. The zero-order valence-corrected chi connectivity index (χ0v) is 8.74. The number of amides is 1. The van der Waals surface area contributed by atoms with Crippen molar-refractivity contribution in [2.24, 2.45) is 5.92 Å². The van der Waals surface area contributed by atoms with E-state index in [1.807, 2.05) is 0 Å². The highest BCUT2D eigenvalue weighted by atomic mass is 16.5. The Labute approximate surface area is 83.4 Å². The Kier molecular flexibility index (Phi) is 5.87. The Balaban J connectivity index is 3.86. The van der Waals surface area contributed by atoms with Gasteiger partial charge < -0.3 is 15.2 Å². The van der Waals surface area contributed by atoms with Crippen LogP contribution >= 0.6 is 0 Å². The van der Waals surface area contributed by atoms with Gasteiger partial charge in [0.15, 0.2) is 0 Å². The van der Waals surface area contributed by atoms with Crippen LogP contribution in [-0.2, 0) is 14.3 Å². The van der Waals surface area contributed by atoms with E-state index in [2.05, 4.69) is 5.32 Å². The number of nitrogens with one attached hydrogen (secondary N) is 1. The summed E-state index contributed by atoms with van der Waals surface area (Å²) in [7, 11) is 1.51. The number of hydrogen-bond acceptors (Lipinski definition) is 3. The monoisotopic (exact) mass is 203 g/mol. The number of aliphatic carboxylic acids is 1. The first-order valence-corrected chi connectivity index (χ1v) is 4.50. The van der Waals surface area contributed by atoms with E-state index in [0.29, 0.717) is 6.61 Å². The average Bonchev–Trinajstić information content (AvgIpc) is 2.13. The molecular formula is C9H17NO4. The summed E-state index contributed by atoms with van der Waals surface area (Å²) in [5.41, 5.74) is 0. The number of methoxy groups -OCH3 is 1. The fraction of sp³-hybridized carbons (Fsp3) is 0.778. The van der Waals surface area contributed by atoms with E-state index in [4.69, 9.17) is 9.84 Å². The van der Waals surface area contributed by atoms with Crippen LogP contribution in [0.3, 0.4) is 0 Å². The number of rotatable bonds is 6. The smallest absolute Gasteiger partial charge is 0.308 e. The summed E-state index contributed by atoms with van der Waals surface area (Å²) >= 11 is 0. The van der Waals surface area contributed by atoms with Gasteiger partial charge in [0.1, 0.15) is 0 Å². The molecule has 0 aliphatic carbocycles. The first-order valence-electron chi connectivity index (χ1n) is 4.50.